The number of hydrogen-bond acceptors (Lipinski definition) is 5. The number of halogens is 1. The number of hydrogen-bond donors (Lipinski definition) is 1. The topological polar surface area (TPSA) is 77.2 Å². The van der Waals surface area contributed by atoms with Crippen molar-refractivity contribution in [1.82, 2.24) is 15.0 Å². The van der Waals surface area contributed by atoms with E-state index >= 15 is 0 Å². The highest BCUT2D eigenvalue weighted by Crippen LogP contribution is 2.25. The molecule has 6 nitrogen and oxygen atoms in total. The van der Waals surface area contributed by atoms with Crippen LogP contribution in [0.3, 0.4) is 0 Å². The van der Waals surface area contributed by atoms with Crippen LogP contribution in [-0.4, -0.2) is 39.8 Å². The van der Waals surface area contributed by atoms with Crippen LogP contribution in [0.2, 0.25) is 5.02 Å². The van der Waals surface area contributed by atoms with Crippen molar-refractivity contribution >= 4 is 17.6 Å². The Morgan fingerprint density at radius 2 is 2.05 bits per heavy atom. The lowest BCUT2D eigenvalue weighted by Crippen LogP contribution is -2.07. The lowest BCUT2D eigenvalue weighted by Gasteiger charge is -2.07. The number of aromatic nitrogens is 3. The average molecular weight is 310 g/mol. The van der Waals surface area contributed by atoms with Gasteiger partial charge in [-0.1, -0.05) is 28.9 Å². The van der Waals surface area contributed by atoms with Gasteiger partial charge in [-0.3, -0.25) is 0 Å². The van der Waals surface area contributed by atoms with Gasteiger partial charge in [0.2, 0.25) is 0 Å². The summed E-state index contributed by atoms with van der Waals surface area (Å²) in [5.74, 6) is -0.534. The van der Waals surface area contributed by atoms with Gasteiger partial charge < -0.3 is 9.84 Å². The predicted octanol–water partition coefficient (Wildman–Crippen LogP) is 2.16. The maximum absolute atomic E-state index is 11.8. The van der Waals surface area contributed by atoms with E-state index in [1.165, 1.54) is 7.11 Å². The Morgan fingerprint density at radius 1 is 1.33 bits per heavy atom. The van der Waals surface area contributed by atoms with Crippen molar-refractivity contribution in [3.63, 3.8) is 0 Å². The summed E-state index contributed by atoms with van der Waals surface area (Å²) in [6.07, 6.45) is 1.40. The number of methoxy groups -OCH3 is 1. The van der Waals surface area contributed by atoms with Gasteiger partial charge in [0.25, 0.3) is 0 Å². The van der Waals surface area contributed by atoms with Crippen LogP contribution in [0.4, 0.5) is 0 Å². The van der Waals surface area contributed by atoms with Crippen LogP contribution in [-0.2, 0) is 11.3 Å². The summed E-state index contributed by atoms with van der Waals surface area (Å²) < 4.78 is 6.38. The van der Waals surface area contributed by atoms with E-state index in [1.54, 1.807) is 28.9 Å². The molecule has 1 N–H and O–H groups in total. The monoisotopic (exact) mass is 309 g/mol. The van der Waals surface area contributed by atoms with Crippen LogP contribution < -0.4 is 0 Å². The van der Waals surface area contributed by atoms with Crippen LogP contribution in [0.25, 0.3) is 11.3 Å². The Morgan fingerprint density at radius 3 is 2.67 bits per heavy atom. The molecule has 0 saturated carbocycles. The van der Waals surface area contributed by atoms with Gasteiger partial charge >= 0.3 is 5.97 Å². The van der Waals surface area contributed by atoms with E-state index in [9.17, 15) is 4.79 Å². The second-order valence-electron chi connectivity index (χ2n) is 4.44. The van der Waals surface area contributed by atoms with Gasteiger partial charge in [-0.2, -0.15) is 0 Å². The minimum Gasteiger partial charge on any atom is -0.464 e. The lowest BCUT2D eigenvalue weighted by molar-refractivity contribution is 0.0595. The van der Waals surface area contributed by atoms with Gasteiger partial charge in [0, 0.05) is 23.7 Å². The first kappa shape index (κ1) is 15.5. The number of ether oxygens (including phenoxy) is 1. The number of benzene rings is 1. The summed E-state index contributed by atoms with van der Waals surface area (Å²) in [5, 5.41) is 17.4. The smallest absolute Gasteiger partial charge is 0.360 e. The Hall–Kier alpha value is -1.92. The summed E-state index contributed by atoms with van der Waals surface area (Å²) in [5.41, 5.74) is 1.55. The largest absolute Gasteiger partial charge is 0.464 e. The molecule has 0 aliphatic heterocycles. The van der Waals surface area contributed by atoms with Crippen molar-refractivity contribution < 1.29 is 14.6 Å². The zero-order valence-electron chi connectivity index (χ0n) is 11.6. The van der Waals surface area contributed by atoms with E-state index in [1.807, 2.05) is 0 Å². The molecule has 21 heavy (non-hydrogen) atoms. The zero-order valence-corrected chi connectivity index (χ0v) is 12.4. The van der Waals surface area contributed by atoms with E-state index in [0.717, 1.165) is 12.0 Å². The fourth-order valence-electron chi connectivity index (χ4n) is 1.97. The van der Waals surface area contributed by atoms with Crippen molar-refractivity contribution in [2.75, 3.05) is 13.7 Å². The number of unbranched alkanes of at least 4 members (excludes halogenated alkanes) is 1. The number of rotatable bonds is 6. The maximum atomic E-state index is 11.8. The quantitative estimate of drug-likeness (QED) is 0.653. The molecule has 0 aliphatic rings. The molecule has 2 aromatic rings. The van der Waals surface area contributed by atoms with Gasteiger partial charge in [-0.25, -0.2) is 9.48 Å². The van der Waals surface area contributed by atoms with Crippen LogP contribution in [0.5, 0.6) is 0 Å². The van der Waals surface area contributed by atoms with E-state index in [0.29, 0.717) is 23.7 Å². The van der Waals surface area contributed by atoms with Gasteiger partial charge in [0.15, 0.2) is 5.69 Å². The molecule has 7 heteroatoms. The van der Waals surface area contributed by atoms with Gasteiger partial charge in [-0.05, 0) is 25.0 Å². The van der Waals surface area contributed by atoms with Gasteiger partial charge in [0.1, 0.15) is 5.69 Å². The molecular formula is C14H16ClN3O3. The predicted molar refractivity (Wildman–Crippen MR) is 78.1 cm³/mol. The Labute approximate surface area is 127 Å². The molecule has 2 rings (SSSR count). The number of carbonyl (C=O) groups excluding carboxylic acids is 1. The molecule has 112 valence electrons. The SMILES string of the molecule is COC(=O)c1nnn(CCCCO)c1-c1ccc(Cl)cc1. The van der Waals surface area contributed by atoms with Crippen molar-refractivity contribution in [3.05, 3.63) is 35.0 Å². The van der Waals surface area contributed by atoms with Crippen molar-refractivity contribution in [2.24, 2.45) is 0 Å². The number of aliphatic hydroxyl groups excluding tert-OH is 1. The number of carbonyl (C=O) groups is 1. The first-order valence-corrected chi connectivity index (χ1v) is 6.93. The molecule has 1 heterocycles. The molecule has 0 spiro atoms. The fourth-order valence-corrected chi connectivity index (χ4v) is 2.10. The second-order valence-corrected chi connectivity index (χ2v) is 4.88. The summed E-state index contributed by atoms with van der Waals surface area (Å²) in [4.78, 5) is 11.8. The Bertz CT molecular complexity index is 610. The third kappa shape index (κ3) is 3.59. The van der Waals surface area contributed by atoms with Crippen LogP contribution in [0.15, 0.2) is 24.3 Å². The van der Waals surface area contributed by atoms with E-state index in [2.05, 4.69) is 10.3 Å². The average Bonchev–Trinajstić information content (AvgIpc) is 2.91. The van der Waals surface area contributed by atoms with Crippen molar-refractivity contribution in [3.8, 4) is 11.3 Å². The highest BCUT2D eigenvalue weighted by Gasteiger charge is 2.21. The third-order valence-corrected chi connectivity index (χ3v) is 3.26. The minimum absolute atomic E-state index is 0.120. The lowest BCUT2D eigenvalue weighted by atomic mass is 10.1. The van der Waals surface area contributed by atoms with Gasteiger partial charge in [-0.15, -0.1) is 5.10 Å². The molecule has 0 bridgehead atoms. The minimum atomic E-state index is -0.534. The fraction of sp³-hybridized carbons (Fsp3) is 0.357. The van der Waals surface area contributed by atoms with Crippen molar-refractivity contribution in [2.45, 2.75) is 19.4 Å². The summed E-state index contributed by atoms with van der Waals surface area (Å²) >= 11 is 5.89. The van der Waals surface area contributed by atoms with E-state index < -0.39 is 5.97 Å². The Balaban J connectivity index is 2.40. The van der Waals surface area contributed by atoms with Crippen LogP contribution in [0.1, 0.15) is 23.3 Å². The molecule has 1 aromatic carbocycles. The number of esters is 1. The molecule has 0 saturated heterocycles. The Kier molecular flexibility index (Phi) is 5.30. The first-order chi connectivity index (χ1) is 10.2. The highest BCUT2D eigenvalue weighted by molar-refractivity contribution is 6.30. The van der Waals surface area contributed by atoms with Crippen LogP contribution >= 0.6 is 11.6 Å². The zero-order chi connectivity index (χ0) is 15.2. The normalized spacial score (nSPS) is 10.6. The summed E-state index contributed by atoms with van der Waals surface area (Å²) in [6.45, 7) is 0.678. The highest BCUT2D eigenvalue weighted by atomic mass is 35.5. The first-order valence-electron chi connectivity index (χ1n) is 6.56. The molecule has 0 atom stereocenters. The molecule has 0 unspecified atom stereocenters. The molecule has 1 aromatic heterocycles. The summed E-state index contributed by atoms with van der Waals surface area (Å²) in [6, 6.07) is 7.08. The number of aryl methyl sites for hydroxylation is 1. The van der Waals surface area contributed by atoms with Crippen LogP contribution in [0, 0.1) is 0 Å². The molecule has 0 aliphatic carbocycles. The van der Waals surface area contributed by atoms with Crippen molar-refractivity contribution in [1.29, 1.82) is 0 Å². The van der Waals surface area contributed by atoms with Gasteiger partial charge in [0.05, 0.1) is 7.11 Å². The third-order valence-electron chi connectivity index (χ3n) is 3.01. The second kappa shape index (κ2) is 7.19. The molecular weight excluding hydrogens is 294 g/mol. The molecule has 0 radical (unpaired) electrons. The molecule has 0 fully saturated rings. The summed E-state index contributed by atoms with van der Waals surface area (Å²) in [7, 11) is 1.30. The maximum Gasteiger partial charge on any atom is 0.360 e. The number of aliphatic hydroxyl groups is 1. The number of nitrogens with zero attached hydrogens (tertiary/aromatic N) is 3. The standard InChI is InChI=1S/C14H16ClN3O3/c1-21-14(20)12-13(10-4-6-11(15)7-5-10)18(17-16-12)8-2-3-9-19/h4-7,19H,2-3,8-9H2,1H3. The molecule has 0 amide bonds. The van der Waals surface area contributed by atoms with E-state index in [-0.39, 0.29) is 12.3 Å². The van der Waals surface area contributed by atoms with E-state index in [4.69, 9.17) is 21.4 Å².